The fourth-order valence-electron chi connectivity index (χ4n) is 2.27. The number of para-hydroxylation sites is 1. The van der Waals surface area contributed by atoms with Gasteiger partial charge in [0, 0.05) is 18.2 Å². The molecular formula is C15H22N2O. The quantitative estimate of drug-likeness (QED) is 0.838. The second-order valence-corrected chi connectivity index (χ2v) is 5.09. The Kier molecular flexibility index (Phi) is 4.37. The lowest BCUT2D eigenvalue weighted by molar-refractivity contribution is -0.122. The first-order valence-corrected chi connectivity index (χ1v) is 6.80. The normalized spacial score (nSPS) is 16.3. The number of hydrogen-bond acceptors (Lipinski definition) is 2. The van der Waals surface area contributed by atoms with Gasteiger partial charge in [0.25, 0.3) is 0 Å². The van der Waals surface area contributed by atoms with Crippen LogP contribution in [-0.4, -0.2) is 19.0 Å². The van der Waals surface area contributed by atoms with E-state index in [0.29, 0.717) is 12.5 Å². The molecule has 1 aliphatic carbocycles. The molecule has 1 aliphatic rings. The van der Waals surface area contributed by atoms with Gasteiger partial charge >= 0.3 is 0 Å². The molecular weight excluding hydrogens is 224 g/mol. The number of benzene rings is 1. The molecule has 1 amide bonds. The zero-order chi connectivity index (χ0) is 13.0. The SMILES string of the molecule is CC(C(=O)N(CCCN)c1ccccc1)C1CC1. The maximum Gasteiger partial charge on any atom is 0.230 e. The summed E-state index contributed by atoms with van der Waals surface area (Å²) in [6.07, 6.45) is 3.25. The third kappa shape index (κ3) is 3.10. The highest BCUT2D eigenvalue weighted by Crippen LogP contribution is 2.38. The summed E-state index contributed by atoms with van der Waals surface area (Å²) in [6, 6.07) is 9.90. The smallest absolute Gasteiger partial charge is 0.230 e. The van der Waals surface area contributed by atoms with Crippen LogP contribution in [0.2, 0.25) is 0 Å². The van der Waals surface area contributed by atoms with Crippen LogP contribution >= 0.6 is 0 Å². The second kappa shape index (κ2) is 6.01. The molecule has 0 saturated heterocycles. The van der Waals surface area contributed by atoms with Crippen LogP contribution < -0.4 is 10.6 Å². The molecule has 0 bridgehead atoms. The van der Waals surface area contributed by atoms with Crippen LogP contribution in [0.15, 0.2) is 30.3 Å². The van der Waals surface area contributed by atoms with E-state index in [9.17, 15) is 4.79 Å². The van der Waals surface area contributed by atoms with E-state index in [2.05, 4.69) is 6.92 Å². The fraction of sp³-hybridized carbons (Fsp3) is 0.533. The fourth-order valence-corrected chi connectivity index (χ4v) is 2.27. The van der Waals surface area contributed by atoms with E-state index >= 15 is 0 Å². The summed E-state index contributed by atoms with van der Waals surface area (Å²) in [5.74, 6) is 0.988. The van der Waals surface area contributed by atoms with Crippen molar-refractivity contribution in [2.24, 2.45) is 17.6 Å². The van der Waals surface area contributed by atoms with Gasteiger partial charge in [0.05, 0.1) is 0 Å². The third-order valence-corrected chi connectivity index (χ3v) is 3.64. The maximum atomic E-state index is 12.5. The van der Waals surface area contributed by atoms with E-state index in [4.69, 9.17) is 5.73 Å². The maximum absolute atomic E-state index is 12.5. The molecule has 0 aliphatic heterocycles. The second-order valence-electron chi connectivity index (χ2n) is 5.09. The predicted molar refractivity (Wildman–Crippen MR) is 74.4 cm³/mol. The molecule has 18 heavy (non-hydrogen) atoms. The van der Waals surface area contributed by atoms with Crippen molar-refractivity contribution in [3.8, 4) is 0 Å². The van der Waals surface area contributed by atoms with E-state index in [-0.39, 0.29) is 11.8 Å². The van der Waals surface area contributed by atoms with Crippen molar-refractivity contribution >= 4 is 11.6 Å². The van der Waals surface area contributed by atoms with Crippen molar-refractivity contribution < 1.29 is 4.79 Å². The Morgan fingerprint density at radius 2 is 2.06 bits per heavy atom. The molecule has 3 heteroatoms. The van der Waals surface area contributed by atoms with E-state index in [1.807, 2.05) is 35.2 Å². The number of carbonyl (C=O) groups is 1. The Morgan fingerprint density at radius 3 is 2.61 bits per heavy atom. The number of carbonyl (C=O) groups excluding carboxylic acids is 1. The predicted octanol–water partition coefficient (Wildman–Crippen LogP) is 2.41. The molecule has 2 rings (SSSR count). The Labute approximate surface area is 109 Å². The molecule has 1 fully saturated rings. The van der Waals surface area contributed by atoms with Crippen molar-refractivity contribution in [3.63, 3.8) is 0 Å². The first-order chi connectivity index (χ1) is 8.74. The summed E-state index contributed by atoms with van der Waals surface area (Å²) in [6.45, 7) is 3.39. The van der Waals surface area contributed by atoms with Gasteiger partial charge < -0.3 is 10.6 Å². The van der Waals surface area contributed by atoms with Crippen LogP contribution in [0.5, 0.6) is 0 Å². The number of amides is 1. The minimum atomic E-state index is 0.142. The van der Waals surface area contributed by atoms with Crippen molar-refractivity contribution in [1.82, 2.24) is 0 Å². The minimum absolute atomic E-state index is 0.142. The van der Waals surface area contributed by atoms with Crippen molar-refractivity contribution in [2.45, 2.75) is 26.2 Å². The number of hydrogen-bond donors (Lipinski definition) is 1. The number of nitrogens with zero attached hydrogens (tertiary/aromatic N) is 1. The molecule has 98 valence electrons. The summed E-state index contributed by atoms with van der Waals surface area (Å²) in [5.41, 5.74) is 6.55. The van der Waals surface area contributed by atoms with Crippen molar-refractivity contribution in [2.75, 3.05) is 18.0 Å². The summed E-state index contributed by atoms with van der Waals surface area (Å²) < 4.78 is 0. The molecule has 0 heterocycles. The standard InChI is InChI=1S/C15H22N2O/c1-12(13-8-9-13)15(18)17(11-5-10-16)14-6-3-2-4-7-14/h2-4,6-7,12-13H,5,8-11,16H2,1H3. The van der Waals surface area contributed by atoms with Gasteiger partial charge in [-0.3, -0.25) is 4.79 Å². The minimum Gasteiger partial charge on any atom is -0.330 e. The first kappa shape index (κ1) is 13.1. The molecule has 3 nitrogen and oxygen atoms in total. The van der Waals surface area contributed by atoms with Gasteiger partial charge in [-0.1, -0.05) is 25.1 Å². The highest BCUT2D eigenvalue weighted by molar-refractivity contribution is 5.95. The molecule has 0 aromatic heterocycles. The molecule has 0 radical (unpaired) electrons. The Morgan fingerprint density at radius 1 is 1.39 bits per heavy atom. The Hall–Kier alpha value is -1.35. The monoisotopic (exact) mass is 246 g/mol. The van der Waals surface area contributed by atoms with Crippen LogP contribution in [-0.2, 0) is 4.79 Å². The van der Waals surface area contributed by atoms with Gasteiger partial charge in [-0.05, 0) is 43.9 Å². The summed E-state index contributed by atoms with van der Waals surface area (Å²) in [5, 5.41) is 0. The highest BCUT2D eigenvalue weighted by atomic mass is 16.2. The van der Waals surface area contributed by atoms with Gasteiger partial charge in [-0.25, -0.2) is 0 Å². The van der Waals surface area contributed by atoms with E-state index in [1.54, 1.807) is 0 Å². The Balaban J connectivity index is 2.11. The summed E-state index contributed by atoms with van der Waals surface area (Å²) >= 11 is 0. The first-order valence-electron chi connectivity index (χ1n) is 6.80. The van der Waals surface area contributed by atoms with E-state index in [1.165, 1.54) is 12.8 Å². The average Bonchev–Trinajstić information content (AvgIpc) is 3.23. The molecule has 0 spiro atoms. The van der Waals surface area contributed by atoms with Crippen LogP contribution in [0.4, 0.5) is 5.69 Å². The van der Waals surface area contributed by atoms with Gasteiger partial charge in [0.15, 0.2) is 0 Å². The molecule has 1 aromatic rings. The highest BCUT2D eigenvalue weighted by Gasteiger charge is 2.35. The largest absolute Gasteiger partial charge is 0.330 e. The lowest BCUT2D eigenvalue weighted by Gasteiger charge is -2.26. The zero-order valence-electron chi connectivity index (χ0n) is 11.0. The molecule has 1 unspecified atom stereocenters. The van der Waals surface area contributed by atoms with Crippen LogP contribution in [0.25, 0.3) is 0 Å². The lowest BCUT2D eigenvalue weighted by Crippen LogP contribution is -2.37. The van der Waals surface area contributed by atoms with E-state index < -0.39 is 0 Å². The van der Waals surface area contributed by atoms with Crippen molar-refractivity contribution in [3.05, 3.63) is 30.3 Å². The van der Waals surface area contributed by atoms with Gasteiger partial charge in [0.2, 0.25) is 5.91 Å². The lowest BCUT2D eigenvalue weighted by atomic mass is 10.0. The Bertz CT molecular complexity index is 387. The van der Waals surface area contributed by atoms with Crippen molar-refractivity contribution in [1.29, 1.82) is 0 Å². The van der Waals surface area contributed by atoms with Gasteiger partial charge in [-0.2, -0.15) is 0 Å². The number of nitrogens with two attached hydrogens (primary N) is 1. The summed E-state index contributed by atoms with van der Waals surface area (Å²) in [4.78, 5) is 14.4. The average molecular weight is 246 g/mol. The number of rotatable bonds is 6. The van der Waals surface area contributed by atoms with Crippen LogP contribution in [0.1, 0.15) is 26.2 Å². The molecule has 2 N–H and O–H groups in total. The van der Waals surface area contributed by atoms with E-state index in [0.717, 1.165) is 18.7 Å². The molecule has 1 saturated carbocycles. The zero-order valence-corrected chi connectivity index (χ0v) is 11.0. The topological polar surface area (TPSA) is 46.3 Å². The van der Waals surface area contributed by atoms with Crippen LogP contribution in [0.3, 0.4) is 0 Å². The van der Waals surface area contributed by atoms with Gasteiger partial charge in [-0.15, -0.1) is 0 Å². The third-order valence-electron chi connectivity index (χ3n) is 3.64. The summed E-state index contributed by atoms with van der Waals surface area (Å²) in [7, 11) is 0. The number of anilines is 1. The van der Waals surface area contributed by atoms with Crippen LogP contribution in [0, 0.1) is 11.8 Å². The molecule has 1 atom stereocenters. The molecule has 1 aromatic carbocycles. The van der Waals surface area contributed by atoms with Gasteiger partial charge in [0.1, 0.15) is 0 Å².